The molecule has 0 atom stereocenters. The first kappa shape index (κ1) is 25.1. The zero-order chi connectivity index (χ0) is 24.8. The summed E-state index contributed by atoms with van der Waals surface area (Å²) < 4.78 is 15.5. The fourth-order valence-corrected chi connectivity index (χ4v) is 4.19. The molecular weight excluding hydrogens is 488 g/mol. The number of para-hydroxylation sites is 1. The third-order valence-corrected chi connectivity index (χ3v) is 5.77. The molecule has 12 heteroatoms. The van der Waals surface area contributed by atoms with E-state index in [1.165, 1.54) is 43.5 Å². The van der Waals surface area contributed by atoms with Crippen LogP contribution in [0, 0.1) is 10.1 Å². The zero-order valence-corrected chi connectivity index (χ0v) is 19.7. The molecule has 0 aromatic heterocycles. The number of rotatable bonds is 9. The fourth-order valence-electron chi connectivity index (χ4n) is 3.08. The van der Waals surface area contributed by atoms with Crippen LogP contribution in [0.15, 0.2) is 41.3 Å². The highest BCUT2D eigenvalue weighted by Gasteiger charge is 2.36. The number of nitrogens with zero attached hydrogens (tertiary/aromatic N) is 2. The molecule has 0 spiro atoms. The number of imide groups is 1. The number of amides is 2. The second kappa shape index (κ2) is 11.0. The molecule has 178 valence electrons. The largest absolute Gasteiger partial charge is 0.493 e. The third-order valence-electron chi connectivity index (χ3n) is 4.58. The van der Waals surface area contributed by atoms with Crippen molar-refractivity contribution in [1.29, 1.82) is 0 Å². The Labute approximate surface area is 203 Å². The first-order valence-corrected chi connectivity index (χ1v) is 11.1. The van der Waals surface area contributed by atoms with Crippen LogP contribution < -0.4 is 9.47 Å². The average molecular weight is 507 g/mol. The number of halogens is 1. The number of nitro benzene ring substituents is 1. The number of hydrogen-bond acceptors (Lipinski definition) is 9. The quantitative estimate of drug-likeness (QED) is 0.210. The van der Waals surface area contributed by atoms with Crippen molar-refractivity contribution in [3.8, 4) is 11.5 Å². The van der Waals surface area contributed by atoms with E-state index >= 15 is 0 Å². The van der Waals surface area contributed by atoms with E-state index in [-0.39, 0.29) is 52.4 Å². The highest BCUT2D eigenvalue weighted by molar-refractivity contribution is 8.18. The Hall–Kier alpha value is -3.57. The van der Waals surface area contributed by atoms with Gasteiger partial charge in [-0.15, -0.1) is 0 Å². The Bertz CT molecular complexity index is 1180. The maximum absolute atomic E-state index is 12.9. The van der Waals surface area contributed by atoms with Crippen molar-refractivity contribution in [1.82, 2.24) is 4.90 Å². The van der Waals surface area contributed by atoms with Crippen LogP contribution in [0.25, 0.3) is 6.08 Å². The van der Waals surface area contributed by atoms with E-state index in [1.807, 2.05) is 0 Å². The third kappa shape index (κ3) is 5.67. The number of carbonyl (C=O) groups is 3. The van der Waals surface area contributed by atoms with Gasteiger partial charge in [0.25, 0.3) is 16.8 Å². The number of methoxy groups -OCH3 is 1. The summed E-state index contributed by atoms with van der Waals surface area (Å²) in [6, 6.07) is 8.92. The van der Waals surface area contributed by atoms with Crippen LogP contribution in [-0.2, 0) is 20.9 Å². The van der Waals surface area contributed by atoms with Gasteiger partial charge in [0.1, 0.15) is 0 Å². The lowest BCUT2D eigenvalue weighted by Crippen LogP contribution is -2.27. The van der Waals surface area contributed by atoms with Gasteiger partial charge in [-0.2, -0.15) is 0 Å². The number of ether oxygens (including phenoxy) is 3. The fraction of sp³-hybridized carbons (Fsp3) is 0.227. The van der Waals surface area contributed by atoms with Gasteiger partial charge in [0, 0.05) is 11.6 Å². The van der Waals surface area contributed by atoms with Gasteiger partial charge in [-0.05, 0) is 42.5 Å². The normalized spacial score (nSPS) is 14.4. The maximum Gasteiger partial charge on any atom is 0.344 e. The van der Waals surface area contributed by atoms with E-state index in [0.29, 0.717) is 17.3 Å². The molecule has 0 unspecified atom stereocenters. The van der Waals surface area contributed by atoms with Gasteiger partial charge in [0.2, 0.25) is 0 Å². The molecule has 2 amide bonds. The molecule has 1 heterocycles. The molecule has 3 rings (SSSR count). The van der Waals surface area contributed by atoms with Gasteiger partial charge >= 0.3 is 5.97 Å². The SMILES string of the molecule is CCOC(=O)COc1c(Cl)cc(/C=C2\SC(=O)N(Cc3ccccc3[N+](=O)[O-])C2=O)cc1OC. The van der Waals surface area contributed by atoms with Crippen LogP contribution in [0.4, 0.5) is 10.5 Å². The van der Waals surface area contributed by atoms with Crippen LogP contribution in [0.1, 0.15) is 18.1 Å². The Morgan fingerprint density at radius 3 is 2.68 bits per heavy atom. The lowest BCUT2D eigenvalue weighted by atomic mass is 10.1. The first-order chi connectivity index (χ1) is 16.2. The number of nitro groups is 1. The molecule has 0 saturated carbocycles. The molecule has 1 saturated heterocycles. The number of esters is 1. The van der Waals surface area contributed by atoms with E-state index in [2.05, 4.69) is 0 Å². The Balaban J connectivity index is 1.82. The van der Waals surface area contributed by atoms with Gasteiger partial charge in [-0.3, -0.25) is 24.6 Å². The molecule has 10 nitrogen and oxygen atoms in total. The monoisotopic (exact) mass is 506 g/mol. The van der Waals surface area contributed by atoms with E-state index in [9.17, 15) is 24.5 Å². The van der Waals surface area contributed by atoms with Gasteiger partial charge < -0.3 is 14.2 Å². The van der Waals surface area contributed by atoms with Crippen LogP contribution in [0.3, 0.4) is 0 Å². The lowest BCUT2D eigenvalue weighted by Gasteiger charge is -2.13. The van der Waals surface area contributed by atoms with Crippen molar-refractivity contribution in [2.75, 3.05) is 20.3 Å². The molecule has 0 bridgehead atoms. The highest BCUT2D eigenvalue weighted by atomic mass is 35.5. The second-order valence-electron chi connectivity index (χ2n) is 6.78. The summed E-state index contributed by atoms with van der Waals surface area (Å²) in [6.07, 6.45) is 1.45. The molecule has 1 aliphatic heterocycles. The Morgan fingerprint density at radius 2 is 2.00 bits per heavy atom. The van der Waals surface area contributed by atoms with Crippen LogP contribution in [0.5, 0.6) is 11.5 Å². The van der Waals surface area contributed by atoms with Crippen molar-refractivity contribution in [2.24, 2.45) is 0 Å². The van der Waals surface area contributed by atoms with E-state index in [4.69, 9.17) is 25.8 Å². The molecule has 0 N–H and O–H groups in total. The summed E-state index contributed by atoms with van der Waals surface area (Å²) in [4.78, 5) is 48.6. The predicted molar refractivity (Wildman–Crippen MR) is 125 cm³/mol. The molecule has 34 heavy (non-hydrogen) atoms. The standard InChI is InChI=1S/C22H19ClN2O8S/c1-3-32-19(26)12-33-20-15(23)8-13(9-17(20)31-2)10-18-21(27)24(22(28)34-18)11-14-6-4-5-7-16(14)25(29)30/h4-10H,3,11-12H2,1-2H3/b18-10-. The number of carbonyl (C=O) groups excluding carboxylic acids is 3. The van der Waals surface area contributed by atoms with Crippen molar-refractivity contribution in [3.05, 3.63) is 67.6 Å². The second-order valence-corrected chi connectivity index (χ2v) is 8.18. The van der Waals surface area contributed by atoms with Crippen molar-refractivity contribution in [3.63, 3.8) is 0 Å². The smallest absolute Gasteiger partial charge is 0.344 e. The Morgan fingerprint density at radius 1 is 1.26 bits per heavy atom. The summed E-state index contributed by atoms with van der Waals surface area (Å²) >= 11 is 6.99. The summed E-state index contributed by atoms with van der Waals surface area (Å²) in [5, 5.41) is 10.8. The van der Waals surface area contributed by atoms with E-state index < -0.39 is 22.0 Å². The number of thioether (sulfide) groups is 1. The summed E-state index contributed by atoms with van der Waals surface area (Å²) in [6.45, 7) is 1.28. The van der Waals surface area contributed by atoms with Crippen molar-refractivity contribution < 1.29 is 33.5 Å². The predicted octanol–water partition coefficient (Wildman–Crippen LogP) is 4.44. The maximum atomic E-state index is 12.9. The molecule has 2 aromatic rings. The topological polar surface area (TPSA) is 125 Å². The number of hydrogen-bond donors (Lipinski definition) is 0. The molecule has 1 fully saturated rings. The van der Waals surface area contributed by atoms with Gasteiger partial charge in [0.15, 0.2) is 18.1 Å². The number of benzene rings is 2. The van der Waals surface area contributed by atoms with Gasteiger partial charge in [-0.1, -0.05) is 29.8 Å². The van der Waals surface area contributed by atoms with Crippen LogP contribution in [-0.4, -0.2) is 47.3 Å². The van der Waals surface area contributed by atoms with E-state index in [1.54, 1.807) is 13.0 Å². The molecule has 1 aliphatic rings. The summed E-state index contributed by atoms with van der Waals surface area (Å²) in [5.74, 6) is -0.830. The molecule has 2 aromatic carbocycles. The lowest BCUT2D eigenvalue weighted by molar-refractivity contribution is -0.385. The van der Waals surface area contributed by atoms with Gasteiger partial charge in [0.05, 0.1) is 35.1 Å². The van der Waals surface area contributed by atoms with Crippen LogP contribution in [0.2, 0.25) is 5.02 Å². The highest BCUT2D eigenvalue weighted by Crippen LogP contribution is 2.39. The minimum Gasteiger partial charge on any atom is -0.493 e. The minimum atomic E-state index is -0.592. The average Bonchev–Trinajstić information content (AvgIpc) is 3.05. The molecular formula is C22H19ClN2O8S. The Kier molecular flexibility index (Phi) is 8.13. The van der Waals surface area contributed by atoms with Crippen molar-refractivity contribution >= 4 is 52.2 Å². The first-order valence-electron chi connectivity index (χ1n) is 9.88. The van der Waals surface area contributed by atoms with Crippen LogP contribution >= 0.6 is 23.4 Å². The zero-order valence-electron chi connectivity index (χ0n) is 18.1. The molecule has 0 radical (unpaired) electrons. The van der Waals surface area contributed by atoms with Crippen molar-refractivity contribution in [2.45, 2.75) is 13.5 Å². The summed E-state index contributed by atoms with van der Waals surface area (Å²) in [7, 11) is 1.38. The summed E-state index contributed by atoms with van der Waals surface area (Å²) in [5.41, 5.74) is 0.505. The minimum absolute atomic E-state index is 0.113. The molecule has 0 aliphatic carbocycles. The van der Waals surface area contributed by atoms with Gasteiger partial charge in [-0.25, -0.2) is 4.79 Å². The van der Waals surface area contributed by atoms with E-state index in [0.717, 1.165) is 4.90 Å².